The Morgan fingerprint density at radius 2 is 0.750 bits per heavy atom. The number of rotatable bonds is 4. The van der Waals surface area contributed by atoms with E-state index in [1.54, 1.807) is 18.2 Å². The van der Waals surface area contributed by atoms with E-state index < -0.39 is 22.4 Å². The minimum atomic E-state index is -1.61. The Bertz CT molecular complexity index is 2730. The van der Waals surface area contributed by atoms with Crippen LogP contribution in [0.5, 0.6) is 0 Å². The molecule has 4 atom stereocenters. The van der Waals surface area contributed by atoms with Gasteiger partial charge in [-0.1, -0.05) is 117 Å². The smallest absolute Gasteiger partial charge is 0.177 e. The maximum Gasteiger partial charge on any atom is 0.177 e. The molecule has 248 valence electrons. The minimum absolute atomic E-state index is 0.603. The highest BCUT2D eigenvalue weighted by molar-refractivity contribution is 5.94. The minimum Gasteiger partial charge on any atom is -0.377 e. The van der Waals surface area contributed by atoms with Gasteiger partial charge in [0.15, 0.2) is 5.60 Å². The van der Waals surface area contributed by atoms with Crippen LogP contribution in [-0.2, 0) is 22.4 Å². The predicted octanol–water partition coefficient (Wildman–Crippen LogP) is 8.41. The summed E-state index contributed by atoms with van der Waals surface area (Å²) in [5, 5.41) is 48.1. The lowest BCUT2D eigenvalue weighted by molar-refractivity contribution is 0.137. The van der Waals surface area contributed by atoms with Crippen molar-refractivity contribution in [2.45, 2.75) is 22.4 Å². The van der Waals surface area contributed by atoms with Crippen LogP contribution in [0, 0.1) is 12.3 Å². The van der Waals surface area contributed by atoms with Gasteiger partial charge in [-0.05, 0) is 109 Å². The second-order valence-corrected chi connectivity index (χ2v) is 14.3. The topological polar surface area (TPSA) is 80.9 Å². The zero-order chi connectivity index (χ0) is 35.9. The monoisotopic (exact) mass is 672 g/mol. The molecule has 6 aromatic carbocycles. The molecule has 6 aromatic rings. The summed E-state index contributed by atoms with van der Waals surface area (Å²) in [5.74, 6) is 2.64. The lowest BCUT2D eigenvalue weighted by Crippen LogP contribution is -2.23. The molecule has 4 aliphatic rings. The van der Waals surface area contributed by atoms with Crippen LogP contribution in [0.1, 0.15) is 44.5 Å². The van der Waals surface area contributed by atoms with Gasteiger partial charge in [0, 0.05) is 27.8 Å². The first kappa shape index (κ1) is 30.7. The van der Waals surface area contributed by atoms with Crippen LogP contribution in [-0.4, -0.2) is 20.4 Å². The van der Waals surface area contributed by atoms with Crippen LogP contribution >= 0.6 is 0 Å². The molecule has 4 aliphatic carbocycles. The standard InChI is InChI=1S/C48H32O4/c1-5-45(49)37-15-11-9-13-29(37)33-23-43-35(25-41(33)45)31-21-27(17-19-39(31)47(43,51)7-3)28-18-20-40-32(22-28)36-26-42-34(24-44(36)48(40,52)8-4)30-14-10-12-16-38(30)46(42,50)6-2/h1,6-26,49-52H,2-4H2. The molecule has 0 spiro atoms. The number of hydrogen-bond donors (Lipinski definition) is 4. The van der Waals surface area contributed by atoms with Crippen molar-refractivity contribution < 1.29 is 20.4 Å². The van der Waals surface area contributed by atoms with E-state index in [0.717, 1.165) is 61.2 Å². The molecule has 0 saturated carbocycles. The van der Waals surface area contributed by atoms with Crippen LogP contribution in [0.3, 0.4) is 0 Å². The molecule has 4 N–H and O–H groups in total. The molecule has 0 fully saturated rings. The second-order valence-electron chi connectivity index (χ2n) is 14.3. The quantitative estimate of drug-likeness (QED) is 0.112. The SMILES string of the molecule is C#CC1(O)c2ccccc2-c2cc3c(cc21)-c1cc(-c2ccc4c(c2)-c2cc5c(cc2C4(O)C=C)-c2ccccc2C5(O)C=C)ccc1C3(O)C=C. The van der Waals surface area contributed by atoms with Crippen LogP contribution in [0.15, 0.2) is 147 Å². The van der Waals surface area contributed by atoms with Gasteiger partial charge in [-0.3, -0.25) is 0 Å². The Morgan fingerprint density at radius 1 is 0.404 bits per heavy atom. The van der Waals surface area contributed by atoms with E-state index in [2.05, 4.69) is 31.7 Å². The van der Waals surface area contributed by atoms with Gasteiger partial charge in [-0.2, -0.15) is 0 Å². The zero-order valence-electron chi connectivity index (χ0n) is 28.1. The molecule has 0 saturated heterocycles. The highest BCUT2D eigenvalue weighted by Gasteiger charge is 2.47. The van der Waals surface area contributed by atoms with Gasteiger partial charge in [0.05, 0.1) is 0 Å². The van der Waals surface area contributed by atoms with Crippen molar-refractivity contribution in [2.24, 2.45) is 0 Å². The molecule has 0 aliphatic heterocycles. The fourth-order valence-electron chi connectivity index (χ4n) is 9.37. The fourth-order valence-corrected chi connectivity index (χ4v) is 9.37. The Balaban J connectivity index is 1.15. The summed E-state index contributed by atoms with van der Waals surface area (Å²) in [6, 6.07) is 35.0. The molecule has 0 heterocycles. The van der Waals surface area contributed by atoms with Crippen molar-refractivity contribution >= 4 is 0 Å². The first-order valence-electron chi connectivity index (χ1n) is 17.2. The lowest BCUT2D eigenvalue weighted by atomic mass is 9.87. The van der Waals surface area contributed by atoms with Gasteiger partial charge in [-0.25, -0.2) is 0 Å². The molecule has 10 rings (SSSR count). The molecular formula is C48H32O4. The molecular weight excluding hydrogens is 641 g/mol. The first-order chi connectivity index (χ1) is 25.1. The van der Waals surface area contributed by atoms with E-state index in [0.29, 0.717) is 38.9 Å². The van der Waals surface area contributed by atoms with Crippen molar-refractivity contribution in [1.29, 1.82) is 0 Å². The van der Waals surface area contributed by atoms with E-state index >= 15 is 0 Å². The van der Waals surface area contributed by atoms with Gasteiger partial charge in [0.1, 0.15) is 16.8 Å². The number of fused-ring (bicyclic) bond motifs is 12. The van der Waals surface area contributed by atoms with E-state index in [-0.39, 0.29) is 0 Å². The van der Waals surface area contributed by atoms with Gasteiger partial charge in [0.2, 0.25) is 0 Å². The van der Waals surface area contributed by atoms with Gasteiger partial charge in [-0.15, -0.1) is 6.42 Å². The highest BCUT2D eigenvalue weighted by atomic mass is 16.3. The first-order valence-corrected chi connectivity index (χ1v) is 17.2. The summed E-state index contributed by atoms with van der Waals surface area (Å²) in [6.07, 6.45) is 10.7. The number of hydrogen-bond acceptors (Lipinski definition) is 4. The Kier molecular flexibility index (Phi) is 5.81. The van der Waals surface area contributed by atoms with Gasteiger partial charge >= 0.3 is 0 Å². The zero-order valence-corrected chi connectivity index (χ0v) is 28.1. The Hall–Kier alpha value is -6.06. The van der Waals surface area contributed by atoms with Crippen molar-refractivity contribution in [1.82, 2.24) is 0 Å². The van der Waals surface area contributed by atoms with Crippen molar-refractivity contribution in [3.05, 3.63) is 192 Å². The third kappa shape index (κ3) is 3.42. The van der Waals surface area contributed by atoms with E-state index in [1.807, 2.05) is 103 Å². The molecule has 4 unspecified atom stereocenters. The van der Waals surface area contributed by atoms with Gasteiger partial charge < -0.3 is 20.4 Å². The van der Waals surface area contributed by atoms with Crippen LogP contribution in [0.25, 0.3) is 55.6 Å². The van der Waals surface area contributed by atoms with Gasteiger partial charge in [0.25, 0.3) is 0 Å². The van der Waals surface area contributed by atoms with Crippen molar-refractivity contribution in [3.63, 3.8) is 0 Å². The molecule has 4 heteroatoms. The molecule has 0 bridgehead atoms. The predicted molar refractivity (Wildman–Crippen MR) is 205 cm³/mol. The average molecular weight is 673 g/mol. The lowest BCUT2D eigenvalue weighted by Gasteiger charge is -2.23. The van der Waals surface area contributed by atoms with Crippen LogP contribution < -0.4 is 0 Å². The van der Waals surface area contributed by atoms with Crippen LogP contribution in [0.2, 0.25) is 0 Å². The van der Waals surface area contributed by atoms with E-state index in [1.165, 1.54) is 0 Å². The molecule has 0 radical (unpaired) electrons. The van der Waals surface area contributed by atoms with Crippen molar-refractivity contribution in [2.75, 3.05) is 0 Å². The largest absolute Gasteiger partial charge is 0.377 e. The molecule has 4 nitrogen and oxygen atoms in total. The summed E-state index contributed by atoms with van der Waals surface area (Å²) in [5.41, 5.74) is 7.98. The number of terminal acetylenes is 1. The third-order valence-electron chi connectivity index (χ3n) is 12.0. The maximum absolute atomic E-state index is 12.2. The van der Waals surface area contributed by atoms with E-state index in [4.69, 9.17) is 6.42 Å². The molecule has 52 heavy (non-hydrogen) atoms. The second kappa shape index (κ2) is 9.83. The number of aliphatic hydroxyl groups is 4. The fraction of sp³-hybridized carbons (Fsp3) is 0.0833. The third-order valence-corrected chi connectivity index (χ3v) is 12.0. The summed E-state index contributed by atoms with van der Waals surface area (Å²) in [7, 11) is 0. The average Bonchev–Trinajstić information content (AvgIpc) is 3.79. The summed E-state index contributed by atoms with van der Waals surface area (Å²) in [4.78, 5) is 0. The summed E-state index contributed by atoms with van der Waals surface area (Å²) >= 11 is 0. The van der Waals surface area contributed by atoms with Crippen molar-refractivity contribution in [3.8, 4) is 68.0 Å². The number of benzene rings is 6. The molecule has 0 amide bonds. The van der Waals surface area contributed by atoms with E-state index in [9.17, 15) is 20.4 Å². The normalized spacial score (nSPS) is 24.7. The summed E-state index contributed by atoms with van der Waals surface area (Å²) < 4.78 is 0. The Morgan fingerprint density at radius 3 is 1.21 bits per heavy atom. The highest BCUT2D eigenvalue weighted by Crippen LogP contribution is 2.58. The molecule has 0 aromatic heterocycles. The summed E-state index contributed by atoms with van der Waals surface area (Å²) in [6.45, 7) is 12.0. The van der Waals surface area contributed by atoms with Crippen LogP contribution in [0.4, 0.5) is 0 Å². The Labute approximate surface area is 301 Å². The maximum atomic E-state index is 12.2.